The van der Waals surface area contributed by atoms with Crippen LogP contribution in [0.4, 0.5) is 0 Å². The number of carbonyl (C=O) groups is 3. The summed E-state index contributed by atoms with van der Waals surface area (Å²) in [4.78, 5) is 42.7. The fraction of sp³-hybridized carbons (Fsp3) is 0.571. The first-order valence-corrected chi connectivity index (χ1v) is 9.06. The maximum atomic E-state index is 12.9. The molecule has 1 heterocycles. The molecule has 6 heteroatoms. The Balaban J connectivity index is 3.38. The molecule has 0 aromatic heterocycles. The van der Waals surface area contributed by atoms with Gasteiger partial charge in [0.2, 0.25) is 0 Å². The SMILES string of the molecule is C=C(C)C(=O)ON1C(C)(C)CC(OC(=O)/C=C/C)C(C(=O)/C=C/C)C1(C)C. The number of hydroxylamine groups is 2. The summed E-state index contributed by atoms with van der Waals surface area (Å²) in [6.45, 7) is 16.0. The predicted octanol–water partition coefficient (Wildman–Crippen LogP) is 3.53. The minimum Gasteiger partial charge on any atom is -0.458 e. The topological polar surface area (TPSA) is 72.9 Å². The summed E-state index contributed by atoms with van der Waals surface area (Å²) in [7, 11) is 0. The van der Waals surface area contributed by atoms with Crippen molar-refractivity contribution in [3.63, 3.8) is 0 Å². The van der Waals surface area contributed by atoms with Crippen molar-refractivity contribution in [1.82, 2.24) is 5.06 Å². The molecule has 0 saturated carbocycles. The number of carbonyl (C=O) groups excluding carboxylic acids is 3. The lowest BCUT2D eigenvalue weighted by Gasteiger charge is -2.55. The zero-order valence-corrected chi connectivity index (χ0v) is 17.4. The van der Waals surface area contributed by atoms with E-state index in [4.69, 9.17) is 9.57 Å². The molecule has 2 atom stereocenters. The summed E-state index contributed by atoms with van der Waals surface area (Å²) in [6.07, 6.45) is 5.70. The molecule has 1 aliphatic rings. The number of hydrogen-bond acceptors (Lipinski definition) is 6. The van der Waals surface area contributed by atoms with Crippen molar-refractivity contribution in [2.45, 2.75) is 72.1 Å². The van der Waals surface area contributed by atoms with Gasteiger partial charge in [-0.1, -0.05) is 18.7 Å². The van der Waals surface area contributed by atoms with Crippen molar-refractivity contribution >= 4 is 17.7 Å². The van der Waals surface area contributed by atoms with Crippen molar-refractivity contribution < 1.29 is 24.0 Å². The number of rotatable bonds is 6. The summed E-state index contributed by atoms with van der Waals surface area (Å²) in [5.41, 5.74) is -1.31. The van der Waals surface area contributed by atoms with Crippen LogP contribution in [0.3, 0.4) is 0 Å². The molecule has 1 rings (SSSR count). The number of esters is 1. The van der Waals surface area contributed by atoms with Gasteiger partial charge in [0, 0.05) is 18.1 Å². The second-order valence-corrected chi connectivity index (χ2v) is 7.98. The van der Waals surface area contributed by atoms with Gasteiger partial charge >= 0.3 is 11.9 Å². The quantitative estimate of drug-likeness (QED) is 0.521. The molecule has 6 nitrogen and oxygen atoms in total. The fourth-order valence-corrected chi connectivity index (χ4v) is 3.69. The van der Waals surface area contributed by atoms with Gasteiger partial charge in [0.05, 0.1) is 17.0 Å². The molecular weight excluding hydrogens is 346 g/mol. The van der Waals surface area contributed by atoms with Crippen LogP contribution in [-0.2, 0) is 24.0 Å². The van der Waals surface area contributed by atoms with Gasteiger partial charge in [0.1, 0.15) is 6.10 Å². The number of ether oxygens (including phenoxy) is 1. The molecule has 0 aliphatic carbocycles. The van der Waals surface area contributed by atoms with Gasteiger partial charge in [-0.25, -0.2) is 9.59 Å². The Morgan fingerprint density at radius 3 is 2.11 bits per heavy atom. The summed E-state index contributed by atoms with van der Waals surface area (Å²) < 4.78 is 5.62. The highest BCUT2D eigenvalue weighted by molar-refractivity contribution is 5.94. The van der Waals surface area contributed by atoms with E-state index in [0.717, 1.165) is 0 Å². The van der Waals surface area contributed by atoms with E-state index in [0.29, 0.717) is 6.42 Å². The van der Waals surface area contributed by atoms with Crippen LogP contribution in [0.1, 0.15) is 54.9 Å². The van der Waals surface area contributed by atoms with E-state index in [1.807, 2.05) is 27.7 Å². The average molecular weight is 377 g/mol. The number of hydrogen-bond donors (Lipinski definition) is 0. The molecule has 27 heavy (non-hydrogen) atoms. The Labute approximate surface area is 161 Å². The normalized spacial score (nSPS) is 24.7. The lowest BCUT2D eigenvalue weighted by atomic mass is 9.70. The Hall–Kier alpha value is -2.21. The van der Waals surface area contributed by atoms with Crippen molar-refractivity contribution in [2.75, 3.05) is 0 Å². The van der Waals surface area contributed by atoms with Crippen LogP contribution in [-0.4, -0.2) is 40.0 Å². The van der Waals surface area contributed by atoms with E-state index >= 15 is 0 Å². The van der Waals surface area contributed by atoms with Crippen LogP contribution >= 0.6 is 0 Å². The van der Waals surface area contributed by atoms with Gasteiger partial charge in [-0.05, 0) is 54.5 Å². The standard InChI is InChI=1S/C21H31NO5/c1-9-11-15(23)18-16(26-17(24)12-10-2)13-20(5,6)22(21(18,7)8)27-19(25)14(3)4/h9-12,16,18H,3,13H2,1-2,4-8H3/b11-9+,12-10+. The summed E-state index contributed by atoms with van der Waals surface area (Å²) in [5.74, 6) is -1.95. The third-order valence-corrected chi connectivity index (χ3v) is 4.64. The molecule has 0 N–H and O–H groups in total. The fourth-order valence-electron chi connectivity index (χ4n) is 3.69. The smallest absolute Gasteiger partial charge is 0.352 e. The highest BCUT2D eigenvalue weighted by Crippen LogP contribution is 2.44. The van der Waals surface area contributed by atoms with Gasteiger partial charge < -0.3 is 9.57 Å². The largest absolute Gasteiger partial charge is 0.458 e. The van der Waals surface area contributed by atoms with Crippen LogP contribution in [0, 0.1) is 5.92 Å². The first kappa shape index (κ1) is 22.8. The van der Waals surface area contributed by atoms with Gasteiger partial charge in [0.15, 0.2) is 5.78 Å². The Morgan fingerprint density at radius 2 is 1.63 bits per heavy atom. The molecule has 1 saturated heterocycles. The third kappa shape index (κ3) is 5.16. The molecule has 150 valence electrons. The van der Waals surface area contributed by atoms with Crippen molar-refractivity contribution in [1.29, 1.82) is 0 Å². The van der Waals surface area contributed by atoms with Crippen LogP contribution in [0.5, 0.6) is 0 Å². The average Bonchev–Trinajstić information content (AvgIpc) is 2.50. The van der Waals surface area contributed by atoms with E-state index in [2.05, 4.69) is 6.58 Å². The monoisotopic (exact) mass is 377 g/mol. The van der Waals surface area contributed by atoms with Crippen LogP contribution in [0.25, 0.3) is 0 Å². The van der Waals surface area contributed by atoms with Gasteiger partial charge in [0.25, 0.3) is 0 Å². The molecule has 0 aromatic carbocycles. The molecular formula is C21H31NO5. The van der Waals surface area contributed by atoms with Crippen LogP contribution in [0.2, 0.25) is 0 Å². The summed E-state index contributed by atoms with van der Waals surface area (Å²) >= 11 is 0. The minimum absolute atomic E-state index is 0.187. The van der Waals surface area contributed by atoms with Crippen molar-refractivity contribution in [2.24, 2.45) is 5.92 Å². The second kappa shape index (κ2) is 8.65. The molecule has 0 amide bonds. The highest BCUT2D eigenvalue weighted by atomic mass is 16.7. The van der Waals surface area contributed by atoms with Gasteiger partial charge in [-0.3, -0.25) is 4.79 Å². The predicted molar refractivity (Wildman–Crippen MR) is 104 cm³/mol. The van der Waals surface area contributed by atoms with E-state index in [-0.39, 0.29) is 11.4 Å². The van der Waals surface area contributed by atoms with Crippen molar-refractivity contribution in [3.8, 4) is 0 Å². The van der Waals surface area contributed by atoms with Crippen LogP contribution in [0.15, 0.2) is 36.5 Å². The molecule has 0 spiro atoms. The lowest BCUT2D eigenvalue weighted by Crippen LogP contribution is -2.68. The number of piperidine rings is 1. The number of allylic oxidation sites excluding steroid dienone is 3. The first-order valence-electron chi connectivity index (χ1n) is 9.06. The Kier molecular flexibility index (Phi) is 7.32. The summed E-state index contributed by atoms with van der Waals surface area (Å²) in [5, 5.41) is 1.54. The lowest BCUT2D eigenvalue weighted by molar-refractivity contribution is -0.286. The van der Waals surface area contributed by atoms with E-state index < -0.39 is 35.0 Å². The van der Waals surface area contributed by atoms with Gasteiger partial charge in [-0.15, -0.1) is 5.06 Å². The Bertz CT molecular complexity index is 672. The van der Waals surface area contributed by atoms with E-state index in [9.17, 15) is 14.4 Å². The van der Waals surface area contributed by atoms with Crippen molar-refractivity contribution in [3.05, 3.63) is 36.5 Å². The zero-order valence-electron chi connectivity index (χ0n) is 17.4. The number of ketones is 1. The van der Waals surface area contributed by atoms with E-state index in [1.54, 1.807) is 38.0 Å². The molecule has 2 unspecified atom stereocenters. The second-order valence-electron chi connectivity index (χ2n) is 7.98. The third-order valence-electron chi connectivity index (χ3n) is 4.64. The highest BCUT2D eigenvalue weighted by Gasteiger charge is 2.57. The molecule has 0 radical (unpaired) electrons. The molecule has 1 fully saturated rings. The molecule has 1 aliphatic heterocycles. The van der Waals surface area contributed by atoms with Crippen LogP contribution < -0.4 is 0 Å². The van der Waals surface area contributed by atoms with E-state index in [1.165, 1.54) is 12.2 Å². The zero-order chi connectivity index (χ0) is 21.0. The first-order chi connectivity index (χ1) is 12.4. The molecule has 0 bridgehead atoms. The van der Waals surface area contributed by atoms with Gasteiger partial charge in [-0.2, -0.15) is 0 Å². The maximum Gasteiger partial charge on any atom is 0.352 e. The Morgan fingerprint density at radius 1 is 1.07 bits per heavy atom. The number of nitrogens with zero attached hydrogens (tertiary/aromatic N) is 1. The minimum atomic E-state index is -0.912. The summed E-state index contributed by atoms with van der Waals surface area (Å²) in [6, 6.07) is 0. The maximum absolute atomic E-state index is 12.9. The molecule has 0 aromatic rings.